The zero-order valence-corrected chi connectivity index (χ0v) is 51.4. The molecule has 0 aromatic carbocycles. The quantitative estimate of drug-likeness (QED) is 0.0272. The SMILES string of the molecule is CCCCCCC/C=C\C/C=C\C/C=C\CCCCCCCCC(=O)NC(COP(=O)([O-])OCC[N+](C)(C)C)C(O)/C=C/CCCCCCCCCCCCCCCCCCCCCCCCCCCCCCCC. The van der Waals surface area contributed by atoms with Crippen LogP contribution in [-0.2, 0) is 18.4 Å². The van der Waals surface area contributed by atoms with Crippen LogP contribution in [0.5, 0.6) is 0 Å². The number of unbranched alkanes of at least 4 members (excludes halogenated alkanes) is 41. The van der Waals surface area contributed by atoms with E-state index in [0.717, 1.165) is 64.2 Å². The van der Waals surface area contributed by atoms with Crippen LogP contribution in [0.25, 0.3) is 0 Å². The molecule has 0 aliphatic heterocycles. The van der Waals surface area contributed by atoms with Crippen LogP contribution in [0.15, 0.2) is 48.6 Å². The van der Waals surface area contributed by atoms with Gasteiger partial charge in [-0.2, -0.15) is 0 Å². The molecule has 0 fully saturated rings. The highest BCUT2D eigenvalue weighted by Gasteiger charge is 2.23. The molecule has 0 aromatic rings. The van der Waals surface area contributed by atoms with Gasteiger partial charge in [0.1, 0.15) is 13.2 Å². The molecule has 0 aliphatic carbocycles. The molecule has 75 heavy (non-hydrogen) atoms. The summed E-state index contributed by atoms with van der Waals surface area (Å²) in [6.07, 6.45) is 76.4. The number of amides is 1. The van der Waals surface area contributed by atoms with Crippen molar-refractivity contribution >= 4 is 13.7 Å². The monoisotopic (exact) mass is 1070 g/mol. The Hall–Kier alpha value is -1.54. The maximum Gasteiger partial charge on any atom is 0.268 e. The second-order valence-corrected chi connectivity index (χ2v) is 24.9. The highest BCUT2D eigenvalue weighted by Crippen LogP contribution is 2.38. The number of carbonyl (C=O) groups excluding carboxylic acids is 1. The summed E-state index contributed by atoms with van der Waals surface area (Å²) in [4.78, 5) is 25.6. The summed E-state index contributed by atoms with van der Waals surface area (Å²) in [5.74, 6) is -0.207. The average Bonchev–Trinajstić information content (AvgIpc) is 3.37. The summed E-state index contributed by atoms with van der Waals surface area (Å²) in [6.45, 7) is 4.66. The van der Waals surface area contributed by atoms with Crippen molar-refractivity contribution in [2.45, 2.75) is 328 Å². The smallest absolute Gasteiger partial charge is 0.268 e. The van der Waals surface area contributed by atoms with E-state index in [-0.39, 0.29) is 19.1 Å². The van der Waals surface area contributed by atoms with E-state index in [2.05, 4.69) is 55.6 Å². The molecule has 3 atom stereocenters. The van der Waals surface area contributed by atoms with E-state index in [9.17, 15) is 19.4 Å². The van der Waals surface area contributed by atoms with Gasteiger partial charge in [-0.15, -0.1) is 0 Å². The number of quaternary nitrogens is 1. The number of aliphatic hydroxyl groups excluding tert-OH is 1. The first-order chi connectivity index (χ1) is 36.5. The van der Waals surface area contributed by atoms with E-state index in [1.807, 2.05) is 27.2 Å². The second kappa shape index (κ2) is 57.2. The van der Waals surface area contributed by atoms with Gasteiger partial charge in [0.05, 0.1) is 39.9 Å². The summed E-state index contributed by atoms with van der Waals surface area (Å²) >= 11 is 0. The van der Waals surface area contributed by atoms with Crippen molar-refractivity contribution in [3.05, 3.63) is 48.6 Å². The van der Waals surface area contributed by atoms with Crippen LogP contribution < -0.4 is 10.2 Å². The average molecular weight is 1080 g/mol. The Bertz CT molecular complexity index is 1360. The van der Waals surface area contributed by atoms with Crippen molar-refractivity contribution in [3.8, 4) is 0 Å². The molecule has 0 aromatic heterocycles. The van der Waals surface area contributed by atoms with Crippen LogP contribution in [0.2, 0.25) is 0 Å². The summed E-state index contributed by atoms with van der Waals surface area (Å²) in [7, 11) is 1.26. The fourth-order valence-corrected chi connectivity index (χ4v) is 10.4. The number of rotatable bonds is 60. The predicted octanol–water partition coefficient (Wildman–Crippen LogP) is 19.6. The van der Waals surface area contributed by atoms with Crippen molar-refractivity contribution in [1.82, 2.24) is 5.32 Å². The Morgan fingerprint density at radius 2 is 0.773 bits per heavy atom. The van der Waals surface area contributed by atoms with E-state index in [1.165, 1.54) is 231 Å². The molecule has 0 saturated heterocycles. The molecule has 2 N–H and O–H groups in total. The summed E-state index contributed by atoms with van der Waals surface area (Å²) in [5.41, 5.74) is 0. The van der Waals surface area contributed by atoms with Crippen LogP contribution in [-0.4, -0.2) is 68.5 Å². The Morgan fingerprint density at radius 3 is 1.12 bits per heavy atom. The third kappa shape index (κ3) is 60.0. The molecule has 1 amide bonds. The molecule has 3 unspecified atom stereocenters. The first kappa shape index (κ1) is 73.5. The number of aliphatic hydroxyl groups is 1. The number of phosphoric acid groups is 1. The van der Waals surface area contributed by atoms with Crippen molar-refractivity contribution < 1.29 is 32.9 Å². The molecule has 0 radical (unpaired) electrons. The summed E-state index contributed by atoms with van der Waals surface area (Å²) in [5, 5.41) is 13.9. The van der Waals surface area contributed by atoms with Gasteiger partial charge in [0.25, 0.3) is 7.82 Å². The molecular formula is C66H127N2O6P. The summed E-state index contributed by atoms with van der Waals surface area (Å²) < 4.78 is 23.4. The van der Waals surface area contributed by atoms with Gasteiger partial charge in [0.15, 0.2) is 0 Å². The molecule has 0 rings (SSSR count). The molecule has 0 aliphatic rings. The van der Waals surface area contributed by atoms with Crippen LogP contribution in [0.3, 0.4) is 0 Å². The molecule has 0 saturated carbocycles. The van der Waals surface area contributed by atoms with E-state index in [4.69, 9.17) is 9.05 Å². The lowest BCUT2D eigenvalue weighted by atomic mass is 10.0. The lowest BCUT2D eigenvalue weighted by Gasteiger charge is -2.29. The van der Waals surface area contributed by atoms with Gasteiger partial charge in [0, 0.05) is 6.42 Å². The predicted molar refractivity (Wildman–Crippen MR) is 325 cm³/mol. The number of phosphoric ester groups is 1. The Morgan fingerprint density at radius 1 is 0.467 bits per heavy atom. The molecule has 0 bridgehead atoms. The van der Waals surface area contributed by atoms with Gasteiger partial charge in [-0.3, -0.25) is 9.36 Å². The zero-order valence-electron chi connectivity index (χ0n) is 50.5. The van der Waals surface area contributed by atoms with Crippen LogP contribution in [0.1, 0.15) is 316 Å². The van der Waals surface area contributed by atoms with Gasteiger partial charge in [0.2, 0.25) is 5.91 Å². The van der Waals surface area contributed by atoms with Gasteiger partial charge in [-0.05, 0) is 57.8 Å². The minimum atomic E-state index is -4.61. The van der Waals surface area contributed by atoms with Crippen molar-refractivity contribution in [2.75, 3.05) is 40.9 Å². The van der Waals surface area contributed by atoms with Crippen LogP contribution >= 0.6 is 7.82 Å². The van der Waals surface area contributed by atoms with Crippen molar-refractivity contribution in [1.29, 1.82) is 0 Å². The molecule has 0 spiro atoms. The highest BCUT2D eigenvalue weighted by molar-refractivity contribution is 7.45. The molecule has 0 heterocycles. The fraction of sp³-hybridized carbons (Fsp3) is 0.864. The first-order valence-corrected chi connectivity index (χ1v) is 34.0. The van der Waals surface area contributed by atoms with E-state index in [0.29, 0.717) is 17.4 Å². The third-order valence-corrected chi connectivity index (χ3v) is 15.7. The summed E-state index contributed by atoms with van der Waals surface area (Å²) in [6, 6.07) is -0.897. The largest absolute Gasteiger partial charge is 0.756 e. The number of carbonyl (C=O) groups is 1. The molecule has 442 valence electrons. The zero-order chi connectivity index (χ0) is 54.9. The number of nitrogens with zero attached hydrogens (tertiary/aromatic N) is 1. The number of hydrogen-bond donors (Lipinski definition) is 2. The first-order valence-electron chi connectivity index (χ1n) is 32.5. The number of hydrogen-bond acceptors (Lipinski definition) is 6. The highest BCUT2D eigenvalue weighted by atomic mass is 31.2. The number of allylic oxidation sites excluding steroid dienone is 7. The maximum absolute atomic E-state index is 13.0. The Kier molecular flexibility index (Phi) is 56.0. The third-order valence-electron chi connectivity index (χ3n) is 14.8. The minimum absolute atomic E-state index is 0.00456. The standard InChI is InChI=1S/C66H127N2O6P/c1-6-8-10-12-14-16-18-20-22-24-26-28-29-30-31-32-33-34-35-36-37-38-40-41-43-45-47-49-51-53-55-57-59-65(69)64(63-74-75(71,72)73-62-61-68(3,4)5)67-66(70)60-58-56-54-52-50-48-46-44-42-39-27-25-23-21-19-17-15-13-11-9-7-2/h19,21,25,27,42,44,57,59,64-65,69H,6-18,20,22-24,26,28-41,43,45-56,58,60-63H2,1-5H3,(H-,67,70,71,72)/b21-19-,27-25-,44-42-,59-57+. The van der Waals surface area contributed by atoms with Crippen LogP contribution in [0, 0.1) is 0 Å². The van der Waals surface area contributed by atoms with E-state index < -0.39 is 20.0 Å². The molecular weight excluding hydrogens is 948 g/mol. The number of nitrogens with one attached hydrogen (secondary N) is 1. The lowest BCUT2D eigenvalue weighted by molar-refractivity contribution is -0.870. The Balaban J connectivity index is 4.11. The second-order valence-electron chi connectivity index (χ2n) is 23.5. The maximum atomic E-state index is 13.0. The lowest BCUT2D eigenvalue weighted by Crippen LogP contribution is -2.45. The molecule has 8 nitrogen and oxygen atoms in total. The van der Waals surface area contributed by atoms with E-state index >= 15 is 0 Å². The molecule has 9 heteroatoms. The number of likely N-dealkylation sites (N-methyl/N-ethyl adjacent to an activating group) is 1. The Labute approximate surface area is 467 Å². The van der Waals surface area contributed by atoms with Crippen LogP contribution in [0.4, 0.5) is 0 Å². The van der Waals surface area contributed by atoms with Crippen molar-refractivity contribution in [2.24, 2.45) is 0 Å². The van der Waals surface area contributed by atoms with Gasteiger partial charge < -0.3 is 28.8 Å². The van der Waals surface area contributed by atoms with Gasteiger partial charge in [-0.25, -0.2) is 0 Å². The van der Waals surface area contributed by atoms with Gasteiger partial charge in [-0.1, -0.05) is 300 Å². The normalized spacial score (nSPS) is 14.1. The minimum Gasteiger partial charge on any atom is -0.756 e. The fourth-order valence-electron chi connectivity index (χ4n) is 9.69. The van der Waals surface area contributed by atoms with E-state index in [1.54, 1.807) is 6.08 Å². The van der Waals surface area contributed by atoms with Crippen molar-refractivity contribution in [3.63, 3.8) is 0 Å². The topological polar surface area (TPSA) is 108 Å². The van der Waals surface area contributed by atoms with Gasteiger partial charge >= 0.3 is 0 Å².